The van der Waals surface area contributed by atoms with E-state index >= 15 is 0 Å². The van der Waals surface area contributed by atoms with Gasteiger partial charge < -0.3 is 15.2 Å². The largest absolute Gasteiger partial charge is 0.496 e. The summed E-state index contributed by atoms with van der Waals surface area (Å²) >= 11 is 0. The zero-order valence-electron chi connectivity index (χ0n) is 12.2. The minimum atomic E-state index is -0.732. The summed E-state index contributed by atoms with van der Waals surface area (Å²) in [6, 6.07) is 14.6. The number of aryl methyl sites for hydroxylation is 1. The smallest absolute Gasteiger partial charge is 0.255 e. The predicted molar refractivity (Wildman–Crippen MR) is 81.5 cm³/mol. The Labute approximate surface area is 124 Å². The van der Waals surface area contributed by atoms with E-state index < -0.39 is 6.10 Å². The SMILES string of the molecule is COc1ccccc1C(=O)NCC(O)c1ccc(C)cc1. The first-order chi connectivity index (χ1) is 10.1. The first-order valence-electron chi connectivity index (χ1n) is 6.77. The van der Waals surface area contributed by atoms with Gasteiger partial charge in [0.15, 0.2) is 0 Å². The minimum absolute atomic E-state index is 0.153. The fourth-order valence-corrected chi connectivity index (χ4v) is 2.02. The third kappa shape index (κ3) is 3.83. The number of carbonyl (C=O) groups is 1. The van der Waals surface area contributed by atoms with Crippen LogP contribution in [0.2, 0.25) is 0 Å². The van der Waals surface area contributed by atoms with Crippen molar-refractivity contribution in [1.29, 1.82) is 0 Å². The van der Waals surface area contributed by atoms with E-state index in [0.717, 1.165) is 11.1 Å². The van der Waals surface area contributed by atoms with E-state index in [1.165, 1.54) is 7.11 Å². The van der Waals surface area contributed by atoms with Gasteiger partial charge in [-0.2, -0.15) is 0 Å². The number of amides is 1. The quantitative estimate of drug-likeness (QED) is 0.887. The normalized spacial score (nSPS) is 11.8. The molecule has 1 amide bonds. The van der Waals surface area contributed by atoms with Crippen LogP contribution >= 0.6 is 0 Å². The predicted octanol–water partition coefficient (Wildman–Crippen LogP) is 2.47. The summed E-state index contributed by atoms with van der Waals surface area (Å²) in [5, 5.41) is 12.8. The van der Waals surface area contributed by atoms with Gasteiger partial charge in [0.05, 0.1) is 18.8 Å². The Kier molecular flexibility index (Phi) is 4.95. The molecular formula is C17H19NO3. The van der Waals surface area contributed by atoms with E-state index in [4.69, 9.17) is 4.74 Å². The first-order valence-corrected chi connectivity index (χ1v) is 6.77. The second-order valence-electron chi connectivity index (χ2n) is 4.84. The Morgan fingerprint density at radius 2 is 1.86 bits per heavy atom. The van der Waals surface area contributed by atoms with Crippen molar-refractivity contribution in [3.05, 3.63) is 65.2 Å². The maximum atomic E-state index is 12.1. The van der Waals surface area contributed by atoms with E-state index in [1.54, 1.807) is 24.3 Å². The molecule has 4 nitrogen and oxygen atoms in total. The summed E-state index contributed by atoms with van der Waals surface area (Å²) in [5.74, 6) is 0.249. The molecule has 1 atom stereocenters. The summed E-state index contributed by atoms with van der Waals surface area (Å²) in [5.41, 5.74) is 2.36. The van der Waals surface area contributed by atoms with Crippen LogP contribution in [-0.2, 0) is 0 Å². The molecule has 1 unspecified atom stereocenters. The Morgan fingerprint density at radius 3 is 2.52 bits per heavy atom. The van der Waals surface area contributed by atoms with Gasteiger partial charge in [-0.05, 0) is 24.6 Å². The lowest BCUT2D eigenvalue weighted by Crippen LogP contribution is -2.28. The van der Waals surface area contributed by atoms with E-state index in [-0.39, 0.29) is 12.5 Å². The zero-order chi connectivity index (χ0) is 15.2. The van der Waals surface area contributed by atoms with Gasteiger partial charge in [0.2, 0.25) is 0 Å². The number of carbonyl (C=O) groups excluding carboxylic acids is 1. The molecule has 0 radical (unpaired) electrons. The molecule has 0 saturated carbocycles. The summed E-state index contributed by atoms with van der Waals surface area (Å²) in [6.45, 7) is 2.14. The number of benzene rings is 2. The van der Waals surface area contributed by atoms with Gasteiger partial charge in [0, 0.05) is 6.54 Å². The molecule has 2 N–H and O–H groups in total. The van der Waals surface area contributed by atoms with E-state index in [0.29, 0.717) is 11.3 Å². The van der Waals surface area contributed by atoms with Crippen molar-refractivity contribution in [1.82, 2.24) is 5.32 Å². The average molecular weight is 285 g/mol. The molecule has 0 aliphatic carbocycles. The summed E-state index contributed by atoms with van der Waals surface area (Å²) in [6.07, 6.45) is -0.732. The van der Waals surface area contributed by atoms with E-state index in [9.17, 15) is 9.90 Å². The van der Waals surface area contributed by atoms with Crippen LogP contribution in [0.3, 0.4) is 0 Å². The Bertz CT molecular complexity index is 608. The van der Waals surface area contributed by atoms with Crippen LogP contribution in [-0.4, -0.2) is 24.7 Å². The van der Waals surface area contributed by atoms with Crippen LogP contribution in [0.25, 0.3) is 0 Å². The number of ether oxygens (including phenoxy) is 1. The molecule has 4 heteroatoms. The first kappa shape index (κ1) is 15.1. The van der Waals surface area contributed by atoms with Gasteiger partial charge in [-0.1, -0.05) is 42.0 Å². The molecule has 2 rings (SSSR count). The highest BCUT2D eigenvalue weighted by atomic mass is 16.5. The molecule has 21 heavy (non-hydrogen) atoms. The van der Waals surface area contributed by atoms with Gasteiger partial charge in [-0.25, -0.2) is 0 Å². The van der Waals surface area contributed by atoms with Gasteiger partial charge in [0.25, 0.3) is 5.91 Å². The molecule has 2 aromatic rings. The number of hydrogen-bond acceptors (Lipinski definition) is 3. The molecule has 0 fully saturated rings. The van der Waals surface area contributed by atoms with Crippen LogP contribution in [0.1, 0.15) is 27.6 Å². The lowest BCUT2D eigenvalue weighted by molar-refractivity contribution is 0.0913. The van der Waals surface area contributed by atoms with Crippen LogP contribution < -0.4 is 10.1 Å². The number of hydrogen-bond donors (Lipinski definition) is 2. The lowest BCUT2D eigenvalue weighted by atomic mass is 10.1. The third-order valence-electron chi connectivity index (χ3n) is 3.27. The fourth-order valence-electron chi connectivity index (χ4n) is 2.02. The number of methoxy groups -OCH3 is 1. The van der Waals surface area contributed by atoms with Crippen molar-refractivity contribution in [2.75, 3.05) is 13.7 Å². The van der Waals surface area contributed by atoms with E-state index in [2.05, 4.69) is 5.32 Å². The molecule has 2 aromatic carbocycles. The van der Waals surface area contributed by atoms with Gasteiger partial charge in [-0.15, -0.1) is 0 Å². The Morgan fingerprint density at radius 1 is 1.19 bits per heavy atom. The maximum Gasteiger partial charge on any atom is 0.255 e. The highest BCUT2D eigenvalue weighted by Crippen LogP contribution is 2.17. The molecule has 0 aromatic heterocycles. The average Bonchev–Trinajstić information content (AvgIpc) is 2.52. The number of para-hydroxylation sites is 1. The van der Waals surface area contributed by atoms with Gasteiger partial charge in [-0.3, -0.25) is 4.79 Å². The highest BCUT2D eigenvalue weighted by Gasteiger charge is 2.13. The van der Waals surface area contributed by atoms with Crippen LogP contribution in [0.5, 0.6) is 5.75 Å². The second kappa shape index (κ2) is 6.90. The maximum absolute atomic E-state index is 12.1. The number of aliphatic hydroxyl groups is 1. The lowest BCUT2D eigenvalue weighted by Gasteiger charge is -2.13. The van der Waals surface area contributed by atoms with Gasteiger partial charge >= 0.3 is 0 Å². The van der Waals surface area contributed by atoms with E-state index in [1.807, 2.05) is 31.2 Å². The van der Waals surface area contributed by atoms with Crippen molar-refractivity contribution < 1.29 is 14.6 Å². The molecule has 0 aliphatic rings. The third-order valence-corrected chi connectivity index (χ3v) is 3.27. The van der Waals surface area contributed by atoms with Crippen molar-refractivity contribution in [2.24, 2.45) is 0 Å². The number of aliphatic hydroxyl groups excluding tert-OH is 1. The standard InChI is InChI=1S/C17H19NO3/c1-12-7-9-13(10-8-12)15(19)11-18-17(20)14-5-3-4-6-16(14)21-2/h3-10,15,19H,11H2,1-2H3,(H,18,20). The molecule has 110 valence electrons. The molecule has 0 heterocycles. The Balaban J connectivity index is 1.99. The zero-order valence-corrected chi connectivity index (χ0v) is 12.2. The topological polar surface area (TPSA) is 58.6 Å². The van der Waals surface area contributed by atoms with Crippen LogP contribution in [0.4, 0.5) is 0 Å². The van der Waals surface area contributed by atoms with Crippen molar-refractivity contribution in [3.63, 3.8) is 0 Å². The number of nitrogens with one attached hydrogen (secondary N) is 1. The molecule has 0 saturated heterocycles. The molecule has 0 spiro atoms. The van der Waals surface area contributed by atoms with Crippen molar-refractivity contribution >= 4 is 5.91 Å². The van der Waals surface area contributed by atoms with Crippen LogP contribution in [0, 0.1) is 6.92 Å². The van der Waals surface area contributed by atoms with Crippen molar-refractivity contribution in [2.45, 2.75) is 13.0 Å². The minimum Gasteiger partial charge on any atom is -0.496 e. The molecule has 0 aliphatic heterocycles. The Hall–Kier alpha value is -2.33. The molecular weight excluding hydrogens is 266 g/mol. The second-order valence-corrected chi connectivity index (χ2v) is 4.84. The summed E-state index contributed by atoms with van der Waals surface area (Å²) in [7, 11) is 1.52. The summed E-state index contributed by atoms with van der Waals surface area (Å²) in [4.78, 5) is 12.1. The molecule has 0 bridgehead atoms. The van der Waals surface area contributed by atoms with Gasteiger partial charge in [0.1, 0.15) is 5.75 Å². The number of rotatable bonds is 5. The fraction of sp³-hybridized carbons (Fsp3) is 0.235. The monoisotopic (exact) mass is 285 g/mol. The van der Waals surface area contributed by atoms with Crippen molar-refractivity contribution in [3.8, 4) is 5.75 Å². The summed E-state index contributed by atoms with van der Waals surface area (Å²) < 4.78 is 5.15. The van der Waals surface area contributed by atoms with Crippen LogP contribution in [0.15, 0.2) is 48.5 Å². The highest BCUT2D eigenvalue weighted by molar-refractivity contribution is 5.96.